The Bertz CT molecular complexity index is 1480. The number of aliphatic carboxylic acids is 1. The van der Waals surface area contributed by atoms with Gasteiger partial charge < -0.3 is 36.6 Å². The normalized spacial score (nSPS) is 29.2. The van der Waals surface area contributed by atoms with Gasteiger partial charge in [-0.2, -0.15) is 0 Å². The second kappa shape index (κ2) is 9.70. The van der Waals surface area contributed by atoms with Gasteiger partial charge >= 0.3 is 5.97 Å². The number of carboxylic acid groups (broad SMARTS) is 1. The molecule has 0 aromatic heterocycles. The summed E-state index contributed by atoms with van der Waals surface area (Å²) in [6.07, 6.45) is -0.335. The number of hydrogen-bond acceptors (Lipinski definition) is 10. The number of phenolic OH excluding ortho intramolecular Hbond substituents is 1. The van der Waals surface area contributed by atoms with Gasteiger partial charge in [0.05, 0.1) is 17.3 Å². The number of nitrogens with two attached hydrogens (primary N) is 1. The Kier molecular flexibility index (Phi) is 7.04. The Morgan fingerprint density at radius 2 is 1.73 bits per heavy atom. The van der Waals surface area contributed by atoms with E-state index in [1.54, 1.807) is 13.0 Å². The summed E-state index contributed by atoms with van der Waals surface area (Å²) in [5, 5.41) is 56.8. The predicted octanol–water partition coefficient (Wildman–Crippen LogP) is 0.938. The van der Waals surface area contributed by atoms with Crippen LogP contribution in [-0.4, -0.2) is 85.5 Å². The number of aliphatic hydroxyl groups is 3. The summed E-state index contributed by atoms with van der Waals surface area (Å²) in [6.45, 7) is 3.11. The van der Waals surface area contributed by atoms with Gasteiger partial charge in [-0.1, -0.05) is 19.9 Å². The number of amides is 2. The first-order chi connectivity index (χ1) is 18.9. The number of carbonyl (C=O) groups excluding carboxylic acids is 4. The van der Waals surface area contributed by atoms with Gasteiger partial charge in [-0.15, -0.1) is 0 Å². The zero-order valence-corrected chi connectivity index (χ0v) is 23.1. The standard InChI is InChI=1S/C28H33N3O10/c1-26-10-12-8-9-13(30-14(32)6-5-7-15(33)34)19(35)16(12)20(36)18(26)24(39)28(41)23(38)17(25(29)40)21(37)22(31(3)4)27(28,2)11-26/h8-9,22,35-36,38,41H,5-7,10-11H2,1-4H3,(H2,29,40)(H,30,32)(H,33,34)/t22-,26+,27+,28-/m1/s1. The van der Waals surface area contributed by atoms with Crippen LogP contribution >= 0.6 is 0 Å². The molecule has 0 saturated heterocycles. The van der Waals surface area contributed by atoms with Gasteiger partial charge in [-0.25, -0.2) is 0 Å². The lowest BCUT2D eigenvalue weighted by atomic mass is 9.46. The Morgan fingerprint density at radius 1 is 1.10 bits per heavy atom. The van der Waals surface area contributed by atoms with Crippen LogP contribution in [0.5, 0.6) is 5.75 Å². The zero-order chi connectivity index (χ0) is 30.8. The Morgan fingerprint density at radius 3 is 2.29 bits per heavy atom. The number of anilines is 1. The number of fused-ring (bicyclic) bond motifs is 3. The van der Waals surface area contributed by atoms with Crippen LogP contribution in [0.2, 0.25) is 0 Å². The molecule has 8 N–H and O–H groups in total. The predicted molar refractivity (Wildman–Crippen MR) is 144 cm³/mol. The number of aromatic hydroxyl groups is 1. The van der Waals surface area contributed by atoms with Crippen LogP contribution in [0.3, 0.4) is 0 Å². The molecule has 41 heavy (non-hydrogen) atoms. The molecule has 13 heteroatoms. The van der Waals surface area contributed by atoms with E-state index < -0.39 is 74.7 Å². The summed E-state index contributed by atoms with van der Waals surface area (Å²) < 4.78 is 0. The summed E-state index contributed by atoms with van der Waals surface area (Å²) in [6, 6.07) is 1.71. The number of Topliss-reactive ketones (excluding diaryl/α,β-unsaturated/α-hetero) is 2. The van der Waals surface area contributed by atoms with Crippen molar-refractivity contribution in [1.82, 2.24) is 4.90 Å². The summed E-state index contributed by atoms with van der Waals surface area (Å²) in [5.74, 6) is -7.43. The highest BCUT2D eigenvalue weighted by atomic mass is 16.4. The number of nitrogens with zero attached hydrogens (tertiary/aromatic N) is 1. The van der Waals surface area contributed by atoms with E-state index >= 15 is 0 Å². The average molecular weight is 572 g/mol. The van der Waals surface area contributed by atoms with Crippen molar-refractivity contribution in [3.05, 3.63) is 40.2 Å². The fourth-order valence-corrected chi connectivity index (χ4v) is 7.03. The molecule has 2 amide bonds. The van der Waals surface area contributed by atoms with Gasteiger partial charge in [0.2, 0.25) is 11.7 Å². The third-order valence-electron chi connectivity index (χ3n) is 8.57. The smallest absolute Gasteiger partial charge is 0.303 e. The van der Waals surface area contributed by atoms with Crippen molar-refractivity contribution in [2.24, 2.45) is 16.6 Å². The molecular formula is C28H33N3O10. The van der Waals surface area contributed by atoms with Gasteiger partial charge in [0, 0.05) is 29.2 Å². The number of benzene rings is 1. The molecule has 0 aliphatic heterocycles. The van der Waals surface area contributed by atoms with Gasteiger partial charge in [-0.3, -0.25) is 28.9 Å². The second-order valence-corrected chi connectivity index (χ2v) is 11.7. The molecule has 3 aliphatic carbocycles. The van der Waals surface area contributed by atoms with E-state index in [0.717, 1.165) is 0 Å². The lowest BCUT2D eigenvalue weighted by molar-refractivity contribution is -0.176. The first-order valence-corrected chi connectivity index (χ1v) is 12.9. The number of ketones is 2. The van der Waals surface area contributed by atoms with Crippen molar-refractivity contribution < 1.29 is 49.5 Å². The lowest BCUT2D eigenvalue weighted by Gasteiger charge is -2.59. The Labute approximate surface area is 234 Å². The zero-order valence-electron chi connectivity index (χ0n) is 23.1. The number of rotatable bonds is 7. The van der Waals surface area contributed by atoms with E-state index in [0.29, 0.717) is 5.56 Å². The van der Waals surface area contributed by atoms with Crippen molar-refractivity contribution in [2.75, 3.05) is 19.4 Å². The lowest BCUT2D eigenvalue weighted by Crippen LogP contribution is -2.72. The van der Waals surface area contributed by atoms with E-state index in [1.807, 2.05) is 0 Å². The largest absolute Gasteiger partial charge is 0.508 e. The molecule has 1 saturated carbocycles. The van der Waals surface area contributed by atoms with Crippen LogP contribution in [0.1, 0.15) is 50.7 Å². The van der Waals surface area contributed by atoms with Crippen molar-refractivity contribution in [3.63, 3.8) is 0 Å². The van der Waals surface area contributed by atoms with Crippen LogP contribution in [0, 0.1) is 10.8 Å². The number of carboxylic acids is 1. The second-order valence-electron chi connectivity index (χ2n) is 11.7. The monoisotopic (exact) mass is 571 g/mol. The number of nitrogens with one attached hydrogen (secondary N) is 1. The van der Waals surface area contributed by atoms with E-state index in [9.17, 15) is 44.4 Å². The molecule has 3 aliphatic rings. The molecule has 0 unspecified atom stereocenters. The molecule has 1 aromatic rings. The molecule has 13 nitrogen and oxygen atoms in total. The van der Waals surface area contributed by atoms with Crippen molar-refractivity contribution >= 4 is 40.8 Å². The SMILES string of the molecule is CN(C)[C@@H]1C(=O)C(C(N)=O)=C(O)[C@@]2(O)C(=O)C3=C(O)c4c(ccc(NC(=O)CCCC(=O)O)c4O)C[C@@]3(C)C[C@@]12C. The third-order valence-corrected chi connectivity index (χ3v) is 8.57. The molecule has 4 rings (SSSR count). The van der Waals surface area contributed by atoms with E-state index in [4.69, 9.17) is 10.8 Å². The summed E-state index contributed by atoms with van der Waals surface area (Å²) in [5.41, 5.74) is -1.41. The van der Waals surface area contributed by atoms with Gasteiger partial charge in [0.1, 0.15) is 22.8 Å². The van der Waals surface area contributed by atoms with Gasteiger partial charge in [0.15, 0.2) is 11.4 Å². The molecule has 4 atom stereocenters. The first-order valence-electron chi connectivity index (χ1n) is 12.9. The minimum atomic E-state index is -2.83. The molecule has 0 bridgehead atoms. The Balaban J connectivity index is 1.87. The quantitative estimate of drug-likeness (QED) is 0.180. The maximum absolute atomic E-state index is 14.2. The first kappa shape index (κ1) is 29.7. The number of hydrogen-bond donors (Lipinski definition) is 7. The summed E-state index contributed by atoms with van der Waals surface area (Å²) >= 11 is 0. The molecule has 1 aromatic carbocycles. The van der Waals surface area contributed by atoms with Gasteiger partial charge in [0.25, 0.3) is 5.91 Å². The van der Waals surface area contributed by atoms with Crippen molar-refractivity contribution in [1.29, 1.82) is 0 Å². The molecule has 0 radical (unpaired) electrons. The fourth-order valence-electron chi connectivity index (χ4n) is 7.03. The third kappa shape index (κ3) is 4.18. The van der Waals surface area contributed by atoms with Crippen LogP contribution in [0.25, 0.3) is 5.76 Å². The summed E-state index contributed by atoms with van der Waals surface area (Å²) in [4.78, 5) is 64.3. The number of likely N-dealkylation sites (N-methyl/N-ethyl adjacent to an activating group) is 1. The highest BCUT2D eigenvalue weighted by Crippen LogP contribution is 2.63. The van der Waals surface area contributed by atoms with E-state index in [2.05, 4.69) is 5.32 Å². The van der Waals surface area contributed by atoms with Gasteiger partial charge in [-0.05, 0) is 45.0 Å². The minimum Gasteiger partial charge on any atom is -0.508 e. The van der Waals surface area contributed by atoms with Crippen molar-refractivity contribution in [3.8, 4) is 5.75 Å². The highest BCUT2D eigenvalue weighted by molar-refractivity contribution is 6.25. The van der Waals surface area contributed by atoms with Crippen LogP contribution in [0.4, 0.5) is 5.69 Å². The highest BCUT2D eigenvalue weighted by Gasteiger charge is 2.72. The maximum atomic E-state index is 14.2. The number of primary amides is 1. The maximum Gasteiger partial charge on any atom is 0.303 e. The average Bonchev–Trinajstić information content (AvgIpc) is 2.82. The number of carbonyl (C=O) groups is 5. The molecule has 220 valence electrons. The van der Waals surface area contributed by atoms with Crippen LogP contribution in [-0.2, 0) is 30.4 Å². The number of aliphatic hydroxyl groups excluding tert-OH is 2. The van der Waals surface area contributed by atoms with Crippen LogP contribution < -0.4 is 11.1 Å². The molecule has 0 spiro atoms. The molecule has 0 heterocycles. The number of phenols is 1. The Hall–Kier alpha value is -4.23. The fraction of sp³-hybridized carbons (Fsp3) is 0.464. The topological polar surface area (TPSA) is 228 Å². The van der Waals surface area contributed by atoms with E-state index in [1.165, 1.54) is 32.0 Å². The summed E-state index contributed by atoms with van der Waals surface area (Å²) in [7, 11) is 3.05. The minimum absolute atomic E-state index is 0.0626. The van der Waals surface area contributed by atoms with Crippen LogP contribution in [0.15, 0.2) is 29.0 Å². The molecule has 1 fully saturated rings. The molecular weight excluding hydrogens is 538 g/mol. The van der Waals surface area contributed by atoms with E-state index in [-0.39, 0.29) is 48.9 Å². The van der Waals surface area contributed by atoms with Crippen molar-refractivity contribution in [2.45, 2.75) is 57.6 Å².